The third-order valence-electron chi connectivity index (χ3n) is 1.55. The third kappa shape index (κ3) is 3.16. The molecule has 3 nitrogen and oxygen atoms in total. The minimum atomic E-state index is -0.558. The van der Waals surface area contributed by atoms with E-state index in [2.05, 4.69) is 5.32 Å². The van der Waals surface area contributed by atoms with Crippen LogP contribution in [0.2, 0.25) is 0 Å². The average molecular weight is 157 g/mol. The summed E-state index contributed by atoms with van der Waals surface area (Å²) in [6, 6.07) is 0. The van der Waals surface area contributed by atoms with Crippen molar-refractivity contribution in [2.75, 3.05) is 6.54 Å². The molecule has 0 bridgehead atoms. The monoisotopic (exact) mass is 157 g/mol. The quantitative estimate of drug-likeness (QED) is 0.612. The van der Waals surface area contributed by atoms with E-state index in [1.807, 2.05) is 6.92 Å². The number of amides is 1. The Labute approximate surface area is 67.2 Å². The molecule has 0 unspecified atom stereocenters. The van der Waals surface area contributed by atoms with Gasteiger partial charge in [-0.3, -0.25) is 4.79 Å². The SMILES string of the molecule is CCNC(=O)C(C)(C)CC=O. The summed E-state index contributed by atoms with van der Waals surface area (Å²) in [5, 5.41) is 2.67. The van der Waals surface area contributed by atoms with Gasteiger partial charge in [0.25, 0.3) is 0 Å². The summed E-state index contributed by atoms with van der Waals surface area (Å²) < 4.78 is 0. The maximum absolute atomic E-state index is 11.2. The topological polar surface area (TPSA) is 46.2 Å². The molecular formula is C8H15NO2. The number of nitrogens with one attached hydrogen (secondary N) is 1. The van der Waals surface area contributed by atoms with Crippen LogP contribution in [0.25, 0.3) is 0 Å². The minimum absolute atomic E-state index is 0.0629. The summed E-state index contributed by atoms with van der Waals surface area (Å²) in [6.07, 6.45) is 1.05. The Kier molecular flexibility index (Phi) is 3.79. The van der Waals surface area contributed by atoms with Crippen LogP contribution in [0.15, 0.2) is 0 Å². The molecule has 1 N–H and O–H groups in total. The van der Waals surface area contributed by atoms with Crippen molar-refractivity contribution in [3.05, 3.63) is 0 Å². The van der Waals surface area contributed by atoms with Gasteiger partial charge in [-0.25, -0.2) is 0 Å². The van der Waals surface area contributed by atoms with E-state index >= 15 is 0 Å². The second kappa shape index (κ2) is 4.11. The molecule has 0 aromatic carbocycles. The van der Waals surface area contributed by atoms with Crippen molar-refractivity contribution in [1.29, 1.82) is 0 Å². The van der Waals surface area contributed by atoms with E-state index in [-0.39, 0.29) is 12.3 Å². The summed E-state index contributed by atoms with van der Waals surface area (Å²) in [7, 11) is 0. The van der Waals surface area contributed by atoms with Crippen LogP contribution >= 0.6 is 0 Å². The molecule has 0 atom stereocenters. The zero-order valence-corrected chi connectivity index (χ0v) is 7.31. The predicted molar refractivity (Wildman–Crippen MR) is 43.1 cm³/mol. The van der Waals surface area contributed by atoms with Crippen molar-refractivity contribution in [2.45, 2.75) is 27.2 Å². The van der Waals surface area contributed by atoms with Gasteiger partial charge in [-0.2, -0.15) is 0 Å². The molecule has 0 saturated carbocycles. The van der Waals surface area contributed by atoms with Crippen LogP contribution in [-0.4, -0.2) is 18.7 Å². The van der Waals surface area contributed by atoms with Crippen molar-refractivity contribution < 1.29 is 9.59 Å². The van der Waals surface area contributed by atoms with E-state index in [9.17, 15) is 9.59 Å². The lowest BCUT2D eigenvalue weighted by atomic mass is 9.89. The minimum Gasteiger partial charge on any atom is -0.356 e. The van der Waals surface area contributed by atoms with Gasteiger partial charge in [0, 0.05) is 13.0 Å². The summed E-state index contributed by atoms with van der Waals surface area (Å²) >= 11 is 0. The molecule has 0 aromatic heterocycles. The Morgan fingerprint density at radius 2 is 2.09 bits per heavy atom. The highest BCUT2D eigenvalue weighted by Gasteiger charge is 2.25. The molecule has 0 spiro atoms. The highest BCUT2D eigenvalue weighted by molar-refractivity contribution is 5.83. The Bertz CT molecular complexity index is 152. The smallest absolute Gasteiger partial charge is 0.226 e. The van der Waals surface area contributed by atoms with Crippen LogP contribution in [0.3, 0.4) is 0 Å². The summed E-state index contributed by atoms with van der Waals surface area (Å²) in [5.74, 6) is -0.0629. The van der Waals surface area contributed by atoms with Crippen LogP contribution in [-0.2, 0) is 9.59 Å². The molecule has 3 heteroatoms. The van der Waals surface area contributed by atoms with Crippen LogP contribution in [0.1, 0.15) is 27.2 Å². The number of carbonyl (C=O) groups excluding carboxylic acids is 2. The van der Waals surface area contributed by atoms with Crippen molar-refractivity contribution in [1.82, 2.24) is 5.32 Å². The fraction of sp³-hybridized carbons (Fsp3) is 0.750. The lowest BCUT2D eigenvalue weighted by molar-refractivity contribution is -0.131. The van der Waals surface area contributed by atoms with Crippen LogP contribution in [0.5, 0.6) is 0 Å². The van der Waals surface area contributed by atoms with E-state index in [0.29, 0.717) is 6.54 Å². The molecule has 0 aliphatic carbocycles. The first-order valence-corrected chi connectivity index (χ1v) is 3.76. The van der Waals surface area contributed by atoms with Gasteiger partial charge in [0.05, 0.1) is 5.41 Å². The lowest BCUT2D eigenvalue weighted by Crippen LogP contribution is -2.36. The van der Waals surface area contributed by atoms with Gasteiger partial charge in [-0.1, -0.05) is 13.8 Å². The molecular weight excluding hydrogens is 142 g/mol. The summed E-state index contributed by atoms with van der Waals surface area (Å²) in [5.41, 5.74) is -0.558. The van der Waals surface area contributed by atoms with Crippen molar-refractivity contribution >= 4 is 12.2 Å². The average Bonchev–Trinajstić information content (AvgIpc) is 1.88. The van der Waals surface area contributed by atoms with Gasteiger partial charge in [0.1, 0.15) is 6.29 Å². The fourth-order valence-electron chi connectivity index (χ4n) is 0.701. The van der Waals surface area contributed by atoms with Crippen molar-refractivity contribution in [3.63, 3.8) is 0 Å². The molecule has 64 valence electrons. The van der Waals surface area contributed by atoms with Crippen molar-refractivity contribution in [2.24, 2.45) is 5.41 Å². The first kappa shape index (κ1) is 10.1. The Hall–Kier alpha value is -0.860. The van der Waals surface area contributed by atoms with Gasteiger partial charge in [-0.15, -0.1) is 0 Å². The second-order valence-electron chi connectivity index (χ2n) is 3.11. The Morgan fingerprint density at radius 3 is 2.45 bits per heavy atom. The van der Waals surface area contributed by atoms with E-state index in [1.165, 1.54) is 0 Å². The zero-order valence-electron chi connectivity index (χ0n) is 7.31. The number of aldehydes is 1. The zero-order chi connectivity index (χ0) is 8.91. The first-order chi connectivity index (χ1) is 5.04. The number of hydrogen-bond acceptors (Lipinski definition) is 2. The summed E-state index contributed by atoms with van der Waals surface area (Å²) in [6.45, 7) is 5.98. The highest BCUT2D eigenvalue weighted by atomic mass is 16.2. The molecule has 1 amide bonds. The molecule has 0 heterocycles. The Morgan fingerprint density at radius 1 is 1.55 bits per heavy atom. The maximum Gasteiger partial charge on any atom is 0.226 e. The van der Waals surface area contributed by atoms with Gasteiger partial charge in [0.15, 0.2) is 0 Å². The molecule has 0 aliphatic rings. The van der Waals surface area contributed by atoms with E-state index in [0.717, 1.165) is 6.29 Å². The highest BCUT2D eigenvalue weighted by Crippen LogP contribution is 2.18. The van der Waals surface area contributed by atoms with E-state index in [4.69, 9.17) is 0 Å². The molecule has 0 fully saturated rings. The number of carbonyl (C=O) groups is 2. The predicted octanol–water partition coefficient (Wildman–Crippen LogP) is 0.738. The molecule has 0 saturated heterocycles. The molecule has 11 heavy (non-hydrogen) atoms. The normalized spacial score (nSPS) is 10.8. The third-order valence-corrected chi connectivity index (χ3v) is 1.55. The fourth-order valence-corrected chi connectivity index (χ4v) is 0.701. The molecule has 0 radical (unpaired) electrons. The summed E-state index contributed by atoms with van der Waals surface area (Å²) in [4.78, 5) is 21.3. The molecule has 0 aromatic rings. The van der Waals surface area contributed by atoms with Crippen LogP contribution in [0.4, 0.5) is 0 Å². The first-order valence-electron chi connectivity index (χ1n) is 3.76. The van der Waals surface area contributed by atoms with Gasteiger partial charge >= 0.3 is 0 Å². The van der Waals surface area contributed by atoms with Gasteiger partial charge < -0.3 is 10.1 Å². The Balaban J connectivity index is 4.05. The van der Waals surface area contributed by atoms with E-state index < -0.39 is 5.41 Å². The maximum atomic E-state index is 11.2. The van der Waals surface area contributed by atoms with Gasteiger partial charge in [0.2, 0.25) is 5.91 Å². The van der Waals surface area contributed by atoms with Crippen LogP contribution < -0.4 is 5.32 Å². The van der Waals surface area contributed by atoms with Crippen molar-refractivity contribution in [3.8, 4) is 0 Å². The largest absolute Gasteiger partial charge is 0.356 e. The lowest BCUT2D eigenvalue weighted by Gasteiger charge is -2.19. The van der Waals surface area contributed by atoms with E-state index in [1.54, 1.807) is 13.8 Å². The van der Waals surface area contributed by atoms with Gasteiger partial charge in [-0.05, 0) is 6.92 Å². The standard InChI is InChI=1S/C8H15NO2/c1-4-9-7(11)8(2,3)5-6-10/h6H,4-5H2,1-3H3,(H,9,11). The van der Waals surface area contributed by atoms with Crippen LogP contribution in [0, 0.1) is 5.41 Å². The number of rotatable bonds is 4. The number of hydrogen-bond donors (Lipinski definition) is 1. The molecule has 0 aliphatic heterocycles. The second-order valence-corrected chi connectivity index (χ2v) is 3.11. The molecule has 0 rings (SSSR count).